The molecule has 0 bridgehead atoms. The summed E-state index contributed by atoms with van der Waals surface area (Å²) in [4.78, 5) is 12.6. The van der Waals surface area contributed by atoms with Gasteiger partial charge in [0.1, 0.15) is 6.04 Å². The van der Waals surface area contributed by atoms with E-state index < -0.39 is 33.6 Å². The zero-order valence-corrected chi connectivity index (χ0v) is 15.9. The van der Waals surface area contributed by atoms with Gasteiger partial charge in [-0.1, -0.05) is 15.9 Å². The first-order valence-corrected chi connectivity index (χ1v) is 10.1. The molecule has 2 aromatic carbocycles. The Bertz CT molecular complexity index is 936. The van der Waals surface area contributed by atoms with E-state index in [9.17, 15) is 22.0 Å². The van der Waals surface area contributed by atoms with E-state index in [0.29, 0.717) is 12.8 Å². The van der Waals surface area contributed by atoms with Crippen LogP contribution in [0.15, 0.2) is 51.8 Å². The van der Waals surface area contributed by atoms with Gasteiger partial charge in [0, 0.05) is 22.8 Å². The first-order valence-electron chi connectivity index (χ1n) is 7.82. The molecule has 2 aromatic rings. The molecule has 1 amide bonds. The van der Waals surface area contributed by atoms with Crippen molar-refractivity contribution >= 4 is 37.5 Å². The maximum Gasteiger partial charge on any atom is 0.243 e. The lowest BCUT2D eigenvalue weighted by Crippen LogP contribution is -2.43. The van der Waals surface area contributed by atoms with Crippen LogP contribution < -0.4 is 5.32 Å². The minimum atomic E-state index is -3.84. The quantitative estimate of drug-likeness (QED) is 0.784. The van der Waals surface area contributed by atoms with Gasteiger partial charge in [-0.05, 0) is 49.2 Å². The summed E-state index contributed by atoms with van der Waals surface area (Å²) in [7, 11) is -3.84. The molecular formula is C17H15BrF2N2O3S. The maximum absolute atomic E-state index is 13.3. The number of carbonyl (C=O) groups excluding carboxylic acids is 1. The molecule has 1 aliphatic rings. The average molecular weight is 445 g/mol. The molecule has 5 nitrogen and oxygen atoms in total. The minimum absolute atomic E-state index is 0.0711. The summed E-state index contributed by atoms with van der Waals surface area (Å²) < 4.78 is 53.8. The molecular weight excluding hydrogens is 430 g/mol. The monoisotopic (exact) mass is 444 g/mol. The number of anilines is 1. The molecule has 3 rings (SSSR count). The molecule has 0 aromatic heterocycles. The Balaban J connectivity index is 1.81. The van der Waals surface area contributed by atoms with Gasteiger partial charge in [0.2, 0.25) is 15.9 Å². The number of hydrogen-bond acceptors (Lipinski definition) is 3. The van der Waals surface area contributed by atoms with Gasteiger partial charge in [0.15, 0.2) is 11.6 Å². The second-order valence-corrected chi connectivity index (χ2v) is 8.65. The molecule has 1 atom stereocenters. The second kappa shape index (κ2) is 7.42. The Kier molecular flexibility index (Phi) is 5.40. The summed E-state index contributed by atoms with van der Waals surface area (Å²) in [6.07, 6.45) is 0.886. The number of benzene rings is 2. The number of sulfonamides is 1. The number of nitrogens with one attached hydrogen (secondary N) is 1. The number of amides is 1. The minimum Gasteiger partial charge on any atom is -0.325 e. The second-order valence-electron chi connectivity index (χ2n) is 5.85. The van der Waals surface area contributed by atoms with Crippen molar-refractivity contribution in [3.63, 3.8) is 0 Å². The molecule has 1 unspecified atom stereocenters. The molecule has 0 spiro atoms. The highest BCUT2D eigenvalue weighted by Gasteiger charge is 2.39. The van der Waals surface area contributed by atoms with Crippen LogP contribution in [0, 0.1) is 11.6 Å². The van der Waals surface area contributed by atoms with Crippen molar-refractivity contribution in [1.82, 2.24) is 4.31 Å². The third-order valence-corrected chi connectivity index (χ3v) is 6.56. The van der Waals surface area contributed by atoms with Gasteiger partial charge in [-0.15, -0.1) is 0 Å². The Morgan fingerprint density at radius 2 is 1.81 bits per heavy atom. The van der Waals surface area contributed by atoms with Crippen LogP contribution in [0.25, 0.3) is 0 Å². The van der Waals surface area contributed by atoms with Crippen LogP contribution in [0.3, 0.4) is 0 Å². The number of hydrogen-bond donors (Lipinski definition) is 1. The highest BCUT2D eigenvalue weighted by atomic mass is 79.9. The Morgan fingerprint density at radius 3 is 2.46 bits per heavy atom. The molecule has 1 fully saturated rings. The van der Waals surface area contributed by atoms with E-state index >= 15 is 0 Å². The van der Waals surface area contributed by atoms with Crippen molar-refractivity contribution in [3.05, 3.63) is 58.6 Å². The van der Waals surface area contributed by atoms with Crippen LogP contribution >= 0.6 is 15.9 Å². The lowest BCUT2D eigenvalue weighted by molar-refractivity contribution is -0.119. The van der Waals surface area contributed by atoms with E-state index in [1.807, 2.05) is 0 Å². The standard InChI is InChI=1S/C17H15BrF2N2O3S/c18-11-3-6-13(7-4-11)26(24,25)22-9-1-2-16(22)17(23)21-12-5-8-14(19)15(20)10-12/h3-8,10,16H,1-2,9H2,(H,21,23). The summed E-state index contributed by atoms with van der Waals surface area (Å²) in [6.45, 7) is 0.217. The van der Waals surface area contributed by atoms with E-state index in [1.165, 1.54) is 18.2 Å². The first-order chi connectivity index (χ1) is 12.3. The van der Waals surface area contributed by atoms with E-state index in [1.54, 1.807) is 12.1 Å². The van der Waals surface area contributed by atoms with Gasteiger partial charge >= 0.3 is 0 Å². The third-order valence-electron chi connectivity index (χ3n) is 4.11. The molecule has 138 valence electrons. The van der Waals surface area contributed by atoms with Crippen molar-refractivity contribution in [1.29, 1.82) is 0 Å². The van der Waals surface area contributed by atoms with Crippen molar-refractivity contribution in [2.45, 2.75) is 23.8 Å². The summed E-state index contributed by atoms with van der Waals surface area (Å²) in [5.41, 5.74) is 0.0711. The molecule has 9 heteroatoms. The lowest BCUT2D eigenvalue weighted by atomic mass is 10.2. The van der Waals surface area contributed by atoms with Gasteiger partial charge in [-0.25, -0.2) is 17.2 Å². The number of halogens is 3. The Labute approximate surface area is 158 Å². The van der Waals surface area contributed by atoms with E-state index in [0.717, 1.165) is 20.9 Å². The smallest absolute Gasteiger partial charge is 0.243 e. The van der Waals surface area contributed by atoms with E-state index in [2.05, 4.69) is 21.2 Å². The van der Waals surface area contributed by atoms with Crippen molar-refractivity contribution in [2.24, 2.45) is 0 Å². The van der Waals surface area contributed by atoms with Gasteiger partial charge in [-0.3, -0.25) is 4.79 Å². The molecule has 0 radical (unpaired) electrons. The lowest BCUT2D eigenvalue weighted by Gasteiger charge is -2.23. The third kappa shape index (κ3) is 3.79. The molecule has 0 aliphatic carbocycles. The fraction of sp³-hybridized carbons (Fsp3) is 0.235. The fourth-order valence-corrected chi connectivity index (χ4v) is 4.75. The van der Waals surface area contributed by atoms with Gasteiger partial charge in [-0.2, -0.15) is 4.31 Å². The van der Waals surface area contributed by atoms with E-state index in [-0.39, 0.29) is 17.1 Å². The molecule has 1 heterocycles. The predicted molar refractivity (Wildman–Crippen MR) is 96.0 cm³/mol. The molecule has 0 saturated carbocycles. The van der Waals surface area contributed by atoms with Crippen LogP contribution in [0.5, 0.6) is 0 Å². The zero-order valence-electron chi connectivity index (χ0n) is 13.5. The number of carbonyl (C=O) groups is 1. The van der Waals surface area contributed by atoms with E-state index in [4.69, 9.17) is 0 Å². The molecule has 1 aliphatic heterocycles. The zero-order chi connectivity index (χ0) is 18.9. The Hall–Kier alpha value is -1.84. The Morgan fingerprint density at radius 1 is 1.12 bits per heavy atom. The van der Waals surface area contributed by atoms with Gasteiger partial charge in [0.25, 0.3) is 0 Å². The molecule has 26 heavy (non-hydrogen) atoms. The van der Waals surface area contributed by atoms with Crippen molar-refractivity contribution in [2.75, 3.05) is 11.9 Å². The van der Waals surface area contributed by atoms with Crippen molar-refractivity contribution in [3.8, 4) is 0 Å². The molecule has 1 N–H and O–H groups in total. The normalized spacial score (nSPS) is 18.0. The number of nitrogens with zero attached hydrogens (tertiary/aromatic N) is 1. The van der Waals surface area contributed by atoms with Crippen LogP contribution in [0.1, 0.15) is 12.8 Å². The summed E-state index contributed by atoms with van der Waals surface area (Å²) in [5.74, 6) is -2.69. The summed E-state index contributed by atoms with van der Waals surface area (Å²) in [5, 5.41) is 2.46. The first kappa shape index (κ1) is 18.9. The van der Waals surface area contributed by atoms with Crippen molar-refractivity contribution < 1.29 is 22.0 Å². The van der Waals surface area contributed by atoms with Crippen LogP contribution in [-0.4, -0.2) is 31.2 Å². The van der Waals surface area contributed by atoms with Gasteiger partial charge in [0.05, 0.1) is 4.90 Å². The predicted octanol–water partition coefficient (Wildman–Crippen LogP) is 3.52. The van der Waals surface area contributed by atoms with Gasteiger partial charge < -0.3 is 5.32 Å². The van der Waals surface area contributed by atoms with Crippen LogP contribution in [0.2, 0.25) is 0 Å². The fourth-order valence-electron chi connectivity index (χ4n) is 2.83. The van der Waals surface area contributed by atoms with Crippen LogP contribution in [-0.2, 0) is 14.8 Å². The topological polar surface area (TPSA) is 66.5 Å². The average Bonchev–Trinajstić information content (AvgIpc) is 3.09. The summed E-state index contributed by atoms with van der Waals surface area (Å²) in [6, 6.07) is 8.21. The largest absolute Gasteiger partial charge is 0.325 e. The number of rotatable bonds is 4. The van der Waals surface area contributed by atoms with Crippen LogP contribution in [0.4, 0.5) is 14.5 Å². The highest BCUT2D eigenvalue weighted by molar-refractivity contribution is 9.10. The highest BCUT2D eigenvalue weighted by Crippen LogP contribution is 2.28. The SMILES string of the molecule is O=C(Nc1ccc(F)c(F)c1)C1CCCN1S(=O)(=O)c1ccc(Br)cc1. The summed E-state index contributed by atoms with van der Waals surface area (Å²) >= 11 is 3.25. The molecule has 1 saturated heterocycles. The maximum atomic E-state index is 13.3.